The molecule has 0 saturated carbocycles. The quantitative estimate of drug-likeness (QED) is 0.458. The Morgan fingerprint density at radius 2 is 2.23 bits per heavy atom. The Kier molecular flexibility index (Phi) is 10.4. The summed E-state index contributed by atoms with van der Waals surface area (Å²) in [7, 11) is 1.66. The molecule has 0 fully saturated rings. The van der Waals surface area contributed by atoms with E-state index in [0.29, 0.717) is 6.61 Å². The summed E-state index contributed by atoms with van der Waals surface area (Å²) in [6, 6.07) is 0. The summed E-state index contributed by atoms with van der Waals surface area (Å²) >= 11 is 5.90. The van der Waals surface area contributed by atoms with Crippen LogP contribution in [-0.2, 0) is 9.47 Å². The van der Waals surface area contributed by atoms with Gasteiger partial charge in [-0.1, -0.05) is 0 Å². The van der Waals surface area contributed by atoms with Crippen molar-refractivity contribution in [2.24, 2.45) is 0 Å². The Labute approximate surface area is 85.7 Å². The van der Waals surface area contributed by atoms with Crippen molar-refractivity contribution in [1.82, 2.24) is 5.32 Å². The average molecular weight is 210 g/mol. The molecule has 1 atom stereocenters. The van der Waals surface area contributed by atoms with Gasteiger partial charge in [-0.2, -0.15) is 0 Å². The molecule has 1 N–H and O–H groups in total. The van der Waals surface area contributed by atoms with Gasteiger partial charge >= 0.3 is 0 Å². The number of alkyl halides is 1. The molecule has 0 saturated heterocycles. The molecule has 0 amide bonds. The van der Waals surface area contributed by atoms with E-state index in [0.717, 1.165) is 32.7 Å². The van der Waals surface area contributed by atoms with Crippen LogP contribution in [0.5, 0.6) is 0 Å². The minimum Gasteiger partial charge on any atom is -0.383 e. The second-order valence-electron chi connectivity index (χ2n) is 2.81. The molecule has 0 radical (unpaired) electrons. The van der Waals surface area contributed by atoms with Gasteiger partial charge in [-0.15, -0.1) is 11.6 Å². The maximum absolute atomic E-state index is 5.90. The van der Waals surface area contributed by atoms with Crippen molar-refractivity contribution in [3.63, 3.8) is 0 Å². The molecule has 80 valence electrons. The van der Waals surface area contributed by atoms with Crippen molar-refractivity contribution >= 4 is 11.6 Å². The van der Waals surface area contributed by atoms with Crippen LogP contribution in [0.15, 0.2) is 0 Å². The van der Waals surface area contributed by atoms with Crippen molar-refractivity contribution in [2.75, 3.05) is 40.0 Å². The number of halogens is 1. The van der Waals surface area contributed by atoms with E-state index in [2.05, 4.69) is 5.32 Å². The first-order valence-electron chi connectivity index (χ1n) is 4.72. The minimum atomic E-state index is 0.0668. The first-order valence-corrected chi connectivity index (χ1v) is 5.16. The molecule has 0 aliphatic carbocycles. The Hall–Kier alpha value is 0.170. The van der Waals surface area contributed by atoms with Crippen LogP contribution in [0.2, 0.25) is 0 Å². The fourth-order valence-electron chi connectivity index (χ4n) is 0.942. The van der Waals surface area contributed by atoms with Crippen LogP contribution in [0.25, 0.3) is 0 Å². The van der Waals surface area contributed by atoms with Crippen LogP contribution >= 0.6 is 11.6 Å². The van der Waals surface area contributed by atoms with Crippen molar-refractivity contribution in [1.29, 1.82) is 0 Å². The monoisotopic (exact) mass is 209 g/mol. The van der Waals surface area contributed by atoms with Gasteiger partial charge in [0.25, 0.3) is 0 Å². The molecule has 0 rings (SSSR count). The standard InChI is InChI=1S/C9H20ClNO2/c1-3-13-6-4-5-11-7-9(10)8-12-2/h9,11H,3-8H2,1-2H3. The highest BCUT2D eigenvalue weighted by molar-refractivity contribution is 6.20. The van der Waals surface area contributed by atoms with E-state index in [1.165, 1.54) is 0 Å². The molecule has 4 heteroatoms. The third kappa shape index (κ3) is 10.1. The second-order valence-corrected chi connectivity index (χ2v) is 3.42. The first-order chi connectivity index (χ1) is 6.31. The van der Waals surface area contributed by atoms with E-state index in [9.17, 15) is 0 Å². The lowest BCUT2D eigenvalue weighted by Gasteiger charge is -2.09. The molecule has 1 unspecified atom stereocenters. The normalized spacial score (nSPS) is 13.2. The van der Waals surface area contributed by atoms with Gasteiger partial charge in [-0.05, 0) is 19.9 Å². The summed E-state index contributed by atoms with van der Waals surface area (Å²) in [5.41, 5.74) is 0. The summed E-state index contributed by atoms with van der Waals surface area (Å²) in [5, 5.41) is 3.30. The average Bonchev–Trinajstić information content (AvgIpc) is 2.11. The van der Waals surface area contributed by atoms with Gasteiger partial charge in [0, 0.05) is 26.9 Å². The molecule has 0 spiro atoms. The minimum absolute atomic E-state index is 0.0668. The highest BCUT2D eigenvalue weighted by Crippen LogP contribution is 1.93. The number of hydrogen-bond donors (Lipinski definition) is 1. The SMILES string of the molecule is CCOCCCNCC(Cl)COC. The summed E-state index contributed by atoms with van der Waals surface area (Å²) in [4.78, 5) is 0. The maximum Gasteiger partial charge on any atom is 0.0693 e. The van der Waals surface area contributed by atoms with Crippen LogP contribution in [0.3, 0.4) is 0 Å². The molecule has 0 aromatic carbocycles. The lowest BCUT2D eigenvalue weighted by Crippen LogP contribution is -2.27. The Morgan fingerprint density at radius 1 is 1.46 bits per heavy atom. The molecule has 0 heterocycles. The van der Waals surface area contributed by atoms with E-state index >= 15 is 0 Å². The van der Waals surface area contributed by atoms with E-state index in [1.807, 2.05) is 6.92 Å². The Balaban J connectivity index is 2.97. The smallest absolute Gasteiger partial charge is 0.0693 e. The molecule has 0 aliphatic heterocycles. The number of methoxy groups -OCH3 is 1. The van der Waals surface area contributed by atoms with Crippen LogP contribution < -0.4 is 5.32 Å². The molecular weight excluding hydrogens is 190 g/mol. The van der Waals surface area contributed by atoms with E-state index in [4.69, 9.17) is 21.1 Å². The van der Waals surface area contributed by atoms with Gasteiger partial charge in [-0.3, -0.25) is 0 Å². The topological polar surface area (TPSA) is 30.5 Å². The van der Waals surface area contributed by atoms with Gasteiger partial charge in [0.1, 0.15) is 0 Å². The van der Waals surface area contributed by atoms with Crippen molar-refractivity contribution in [2.45, 2.75) is 18.7 Å². The Bertz CT molecular complexity index is 104. The highest BCUT2D eigenvalue weighted by atomic mass is 35.5. The first kappa shape index (κ1) is 13.2. The fraction of sp³-hybridized carbons (Fsp3) is 1.00. The summed E-state index contributed by atoms with van der Waals surface area (Å²) in [6.45, 7) is 5.96. The van der Waals surface area contributed by atoms with Crippen molar-refractivity contribution < 1.29 is 9.47 Å². The predicted octanol–water partition coefficient (Wildman–Crippen LogP) is 1.26. The summed E-state index contributed by atoms with van der Waals surface area (Å²) < 4.78 is 10.1. The zero-order valence-corrected chi connectivity index (χ0v) is 9.27. The summed E-state index contributed by atoms with van der Waals surface area (Å²) in [6.07, 6.45) is 1.03. The van der Waals surface area contributed by atoms with Crippen molar-refractivity contribution in [3.8, 4) is 0 Å². The highest BCUT2D eigenvalue weighted by Gasteiger charge is 2.01. The van der Waals surface area contributed by atoms with Gasteiger partial charge in [0.15, 0.2) is 0 Å². The number of ether oxygens (including phenoxy) is 2. The fourth-order valence-corrected chi connectivity index (χ4v) is 1.18. The zero-order chi connectivity index (χ0) is 9.94. The lowest BCUT2D eigenvalue weighted by atomic mass is 10.4. The predicted molar refractivity (Wildman–Crippen MR) is 55.5 cm³/mol. The van der Waals surface area contributed by atoms with Gasteiger partial charge < -0.3 is 14.8 Å². The maximum atomic E-state index is 5.90. The Morgan fingerprint density at radius 3 is 2.85 bits per heavy atom. The molecule has 0 aromatic heterocycles. The lowest BCUT2D eigenvalue weighted by molar-refractivity contribution is 0.144. The van der Waals surface area contributed by atoms with Crippen LogP contribution in [0, 0.1) is 0 Å². The van der Waals surface area contributed by atoms with E-state index in [1.54, 1.807) is 7.11 Å². The van der Waals surface area contributed by atoms with Crippen LogP contribution in [0.1, 0.15) is 13.3 Å². The number of rotatable bonds is 9. The second kappa shape index (κ2) is 10.3. The largest absolute Gasteiger partial charge is 0.383 e. The zero-order valence-electron chi connectivity index (χ0n) is 8.51. The van der Waals surface area contributed by atoms with Gasteiger partial charge in [0.2, 0.25) is 0 Å². The van der Waals surface area contributed by atoms with Crippen LogP contribution in [-0.4, -0.2) is 45.4 Å². The molecule has 13 heavy (non-hydrogen) atoms. The van der Waals surface area contributed by atoms with E-state index in [-0.39, 0.29) is 5.38 Å². The molecule has 3 nitrogen and oxygen atoms in total. The van der Waals surface area contributed by atoms with Crippen molar-refractivity contribution in [3.05, 3.63) is 0 Å². The third-order valence-corrected chi connectivity index (χ3v) is 1.84. The molecule has 0 bridgehead atoms. The number of nitrogens with one attached hydrogen (secondary N) is 1. The summed E-state index contributed by atoms with van der Waals surface area (Å²) in [5.74, 6) is 0. The van der Waals surface area contributed by atoms with Gasteiger partial charge in [0.05, 0.1) is 12.0 Å². The molecule has 0 aliphatic rings. The van der Waals surface area contributed by atoms with Gasteiger partial charge in [-0.25, -0.2) is 0 Å². The van der Waals surface area contributed by atoms with E-state index < -0.39 is 0 Å². The van der Waals surface area contributed by atoms with Crippen LogP contribution in [0.4, 0.5) is 0 Å². The number of hydrogen-bond acceptors (Lipinski definition) is 3. The third-order valence-electron chi connectivity index (χ3n) is 1.56. The molecular formula is C9H20ClNO2. The molecule has 0 aromatic rings.